The molecule has 1 amide bonds. The van der Waals surface area contributed by atoms with Crippen LogP contribution in [0.4, 0.5) is 4.79 Å². The first-order chi connectivity index (χ1) is 7.99. The van der Waals surface area contributed by atoms with E-state index in [0.717, 1.165) is 0 Å². The lowest BCUT2D eigenvalue weighted by Gasteiger charge is -2.34. The Hall–Kier alpha value is -1.35. The molecule has 1 N–H and O–H groups in total. The molecule has 0 bridgehead atoms. The second kappa shape index (κ2) is 6.01. The van der Waals surface area contributed by atoms with Gasteiger partial charge in [-0.1, -0.05) is 13.8 Å². The van der Waals surface area contributed by atoms with Crippen molar-refractivity contribution in [3.63, 3.8) is 0 Å². The van der Waals surface area contributed by atoms with Gasteiger partial charge in [0.05, 0.1) is 11.6 Å². The molecule has 0 aliphatic carbocycles. The van der Waals surface area contributed by atoms with E-state index in [1.807, 2.05) is 13.8 Å². The van der Waals surface area contributed by atoms with Gasteiger partial charge in [-0.2, -0.15) is 4.99 Å². The summed E-state index contributed by atoms with van der Waals surface area (Å²) in [7, 11) is 0. The summed E-state index contributed by atoms with van der Waals surface area (Å²) in [5.41, 5.74) is -1.27. The largest absolute Gasteiger partial charge is 0.444 e. The van der Waals surface area contributed by atoms with Crippen LogP contribution in [0.1, 0.15) is 48.5 Å². The minimum Gasteiger partial charge on any atom is -0.444 e. The summed E-state index contributed by atoms with van der Waals surface area (Å²) in [5.74, 6) is 0.115. The van der Waals surface area contributed by atoms with Gasteiger partial charge in [0.1, 0.15) is 5.60 Å². The van der Waals surface area contributed by atoms with Crippen LogP contribution in [0.5, 0.6) is 0 Å². The van der Waals surface area contributed by atoms with E-state index in [0.29, 0.717) is 0 Å². The molecule has 0 radical (unpaired) electrons. The lowest BCUT2D eigenvalue weighted by atomic mass is 9.87. The molecule has 0 heterocycles. The maximum absolute atomic E-state index is 11.8. The van der Waals surface area contributed by atoms with Crippen molar-refractivity contribution in [3.8, 4) is 0 Å². The van der Waals surface area contributed by atoms with E-state index in [2.05, 4.69) is 10.3 Å². The van der Waals surface area contributed by atoms with Gasteiger partial charge in [-0.3, -0.25) is 0 Å². The highest BCUT2D eigenvalue weighted by Gasteiger charge is 2.34. The Morgan fingerprint density at radius 3 is 2.06 bits per heavy atom. The number of rotatable bonds is 4. The lowest BCUT2D eigenvalue weighted by Crippen LogP contribution is -2.52. The van der Waals surface area contributed by atoms with E-state index in [4.69, 9.17) is 4.74 Å². The fourth-order valence-corrected chi connectivity index (χ4v) is 1.78. The van der Waals surface area contributed by atoms with Crippen molar-refractivity contribution in [1.82, 2.24) is 5.32 Å². The van der Waals surface area contributed by atoms with Crippen LogP contribution in [0.2, 0.25) is 0 Å². The van der Waals surface area contributed by atoms with Gasteiger partial charge < -0.3 is 10.1 Å². The number of aliphatic imine (C=N–C) groups is 1. The molecule has 5 nitrogen and oxygen atoms in total. The summed E-state index contributed by atoms with van der Waals surface area (Å²) in [5, 5.41) is 2.76. The number of hydrogen-bond acceptors (Lipinski definition) is 4. The third-order valence-electron chi connectivity index (χ3n) is 2.43. The molecule has 1 atom stereocenters. The first-order valence-electron chi connectivity index (χ1n) is 6.08. The Morgan fingerprint density at radius 1 is 1.22 bits per heavy atom. The summed E-state index contributed by atoms with van der Waals surface area (Å²) in [6.07, 6.45) is 1.04. The SMILES string of the molecule is CC(C)C(NC(=O)OC(C)(C)C)C(C)(C)N=C=O. The monoisotopic (exact) mass is 256 g/mol. The number of isocyanates is 1. The maximum Gasteiger partial charge on any atom is 0.407 e. The number of nitrogens with one attached hydrogen (secondary N) is 1. The fourth-order valence-electron chi connectivity index (χ4n) is 1.78. The van der Waals surface area contributed by atoms with Crippen molar-refractivity contribution in [3.05, 3.63) is 0 Å². The zero-order chi connectivity index (χ0) is 14.6. The molecule has 5 heteroatoms. The predicted octanol–water partition coefficient (Wildman–Crippen LogP) is 2.65. The lowest BCUT2D eigenvalue weighted by molar-refractivity contribution is 0.0463. The smallest absolute Gasteiger partial charge is 0.407 e. The van der Waals surface area contributed by atoms with Crippen molar-refractivity contribution in [2.24, 2.45) is 10.9 Å². The molecule has 104 valence electrons. The van der Waals surface area contributed by atoms with E-state index in [-0.39, 0.29) is 12.0 Å². The maximum atomic E-state index is 11.8. The number of hydrogen-bond donors (Lipinski definition) is 1. The average molecular weight is 256 g/mol. The minimum absolute atomic E-state index is 0.115. The zero-order valence-electron chi connectivity index (χ0n) is 12.3. The van der Waals surface area contributed by atoms with E-state index in [9.17, 15) is 9.59 Å². The van der Waals surface area contributed by atoms with Crippen LogP contribution in [0.3, 0.4) is 0 Å². The number of amides is 1. The van der Waals surface area contributed by atoms with Crippen molar-refractivity contribution >= 4 is 12.2 Å². The zero-order valence-corrected chi connectivity index (χ0v) is 12.3. The second-order valence-electron chi connectivity index (χ2n) is 6.22. The number of carbonyl (C=O) groups excluding carboxylic acids is 2. The number of nitrogens with zero attached hydrogens (tertiary/aromatic N) is 1. The standard InChI is InChI=1S/C13H24N2O3/c1-9(2)10(13(6,7)14-8-16)15-11(17)18-12(3,4)5/h9-10H,1-7H3,(H,15,17). The molecule has 0 aromatic rings. The van der Waals surface area contributed by atoms with Crippen LogP contribution < -0.4 is 5.32 Å². The average Bonchev–Trinajstić information content (AvgIpc) is 2.10. The molecule has 0 saturated heterocycles. The molecular formula is C13H24N2O3. The Bertz CT molecular complexity index is 337. The van der Waals surface area contributed by atoms with Crippen LogP contribution in [-0.2, 0) is 9.53 Å². The third-order valence-corrected chi connectivity index (χ3v) is 2.43. The quantitative estimate of drug-likeness (QED) is 0.621. The van der Waals surface area contributed by atoms with Crippen LogP contribution in [-0.4, -0.2) is 29.4 Å². The van der Waals surface area contributed by atoms with Gasteiger partial charge in [-0.05, 0) is 40.5 Å². The van der Waals surface area contributed by atoms with Gasteiger partial charge in [-0.25, -0.2) is 9.59 Å². The summed E-state index contributed by atoms with van der Waals surface area (Å²) in [6, 6.07) is -0.297. The summed E-state index contributed by atoms with van der Waals surface area (Å²) in [4.78, 5) is 25.9. The van der Waals surface area contributed by atoms with Gasteiger partial charge in [0.15, 0.2) is 0 Å². The normalized spacial score (nSPS) is 13.8. The molecule has 0 spiro atoms. The Labute approximate surface area is 109 Å². The molecule has 1 unspecified atom stereocenters. The highest BCUT2D eigenvalue weighted by molar-refractivity contribution is 5.68. The van der Waals surface area contributed by atoms with Crippen LogP contribution in [0.15, 0.2) is 4.99 Å². The molecule has 0 saturated carbocycles. The second-order valence-corrected chi connectivity index (χ2v) is 6.22. The first kappa shape index (κ1) is 16.6. The van der Waals surface area contributed by atoms with Crippen LogP contribution in [0.25, 0.3) is 0 Å². The van der Waals surface area contributed by atoms with E-state index in [1.165, 1.54) is 0 Å². The number of carbonyl (C=O) groups is 1. The molecule has 0 fully saturated rings. The number of alkyl carbamates (subject to hydrolysis) is 1. The molecule has 0 rings (SSSR count). The van der Waals surface area contributed by atoms with E-state index in [1.54, 1.807) is 40.7 Å². The van der Waals surface area contributed by atoms with Crippen LogP contribution >= 0.6 is 0 Å². The molecule has 0 aromatic carbocycles. The first-order valence-corrected chi connectivity index (χ1v) is 6.08. The van der Waals surface area contributed by atoms with Crippen molar-refractivity contribution in [2.45, 2.75) is 65.6 Å². The van der Waals surface area contributed by atoms with Crippen LogP contribution in [0, 0.1) is 5.92 Å². The highest BCUT2D eigenvalue weighted by Crippen LogP contribution is 2.21. The molecular weight excluding hydrogens is 232 g/mol. The topological polar surface area (TPSA) is 67.8 Å². The van der Waals surface area contributed by atoms with Gasteiger partial charge in [0.2, 0.25) is 6.08 Å². The van der Waals surface area contributed by atoms with Gasteiger partial charge in [0.25, 0.3) is 0 Å². The Morgan fingerprint density at radius 2 is 1.72 bits per heavy atom. The van der Waals surface area contributed by atoms with Gasteiger partial charge in [0, 0.05) is 0 Å². The van der Waals surface area contributed by atoms with E-state index < -0.39 is 17.2 Å². The minimum atomic E-state index is -0.715. The van der Waals surface area contributed by atoms with Gasteiger partial charge >= 0.3 is 6.09 Å². The van der Waals surface area contributed by atoms with Crippen molar-refractivity contribution < 1.29 is 14.3 Å². The fraction of sp³-hybridized carbons (Fsp3) is 0.846. The summed E-state index contributed by atoms with van der Waals surface area (Å²) in [6.45, 7) is 12.8. The Kier molecular flexibility index (Phi) is 5.55. The molecule has 0 aliphatic heterocycles. The summed E-state index contributed by atoms with van der Waals surface area (Å²) >= 11 is 0. The summed E-state index contributed by atoms with van der Waals surface area (Å²) < 4.78 is 5.20. The molecule has 0 aliphatic rings. The molecule has 0 aromatic heterocycles. The van der Waals surface area contributed by atoms with Crippen molar-refractivity contribution in [2.75, 3.05) is 0 Å². The predicted molar refractivity (Wildman–Crippen MR) is 70.2 cm³/mol. The highest BCUT2D eigenvalue weighted by atomic mass is 16.6. The van der Waals surface area contributed by atoms with Crippen molar-refractivity contribution in [1.29, 1.82) is 0 Å². The number of ether oxygens (including phenoxy) is 1. The Balaban J connectivity index is 4.85. The van der Waals surface area contributed by atoms with Gasteiger partial charge in [-0.15, -0.1) is 0 Å². The molecule has 18 heavy (non-hydrogen) atoms. The van der Waals surface area contributed by atoms with E-state index >= 15 is 0 Å². The third kappa shape index (κ3) is 5.82.